The van der Waals surface area contributed by atoms with E-state index >= 15 is 0 Å². The van der Waals surface area contributed by atoms with E-state index in [9.17, 15) is 0 Å². The third-order valence-corrected chi connectivity index (χ3v) is 3.11. The zero-order valence-corrected chi connectivity index (χ0v) is 12.4. The maximum absolute atomic E-state index is 5.94. The summed E-state index contributed by atoms with van der Waals surface area (Å²) in [6.07, 6.45) is 3.36. The molecule has 0 bridgehead atoms. The number of aryl methyl sites for hydroxylation is 1. The second-order valence-corrected chi connectivity index (χ2v) is 5.31. The van der Waals surface area contributed by atoms with E-state index < -0.39 is 0 Å². The molecule has 0 aliphatic rings. The van der Waals surface area contributed by atoms with Crippen LogP contribution in [-0.2, 0) is 0 Å². The van der Waals surface area contributed by atoms with Crippen LogP contribution >= 0.6 is 0 Å². The number of benzene rings is 1. The minimum Gasteiger partial charge on any atom is -0.457 e. The van der Waals surface area contributed by atoms with Crippen LogP contribution in [0.2, 0.25) is 0 Å². The Bertz CT molecular complexity index is 764. The molecule has 2 aromatic heterocycles. The van der Waals surface area contributed by atoms with Gasteiger partial charge in [-0.15, -0.1) is 0 Å². The average molecular weight is 282 g/mol. The Morgan fingerprint density at radius 1 is 1.19 bits per heavy atom. The Hall–Kier alpha value is -2.56. The molecule has 3 aromatic rings. The first-order valence-corrected chi connectivity index (χ1v) is 6.96. The topological polar surface area (TPSA) is 51.5 Å². The molecule has 0 saturated carbocycles. The maximum Gasteiger partial charge on any atom is 0.158 e. The third-order valence-electron chi connectivity index (χ3n) is 3.11. The standard InChI is InChI=1S/C16H18N4O/c1-11(2)19-13-4-5-15(12(3)8-13)21-14-6-7-20-16(9-14)17-10-18-20/h4-11,19H,1-3H3. The second kappa shape index (κ2) is 5.44. The maximum atomic E-state index is 5.94. The van der Waals surface area contributed by atoms with Gasteiger partial charge < -0.3 is 10.1 Å². The van der Waals surface area contributed by atoms with Gasteiger partial charge in [0.15, 0.2) is 5.65 Å². The Morgan fingerprint density at radius 2 is 2.05 bits per heavy atom. The summed E-state index contributed by atoms with van der Waals surface area (Å²) in [5, 5.41) is 7.45. The van der Waals surface area contributed by atoms with Gasteiger partial charge in [0.05, 0.1) is 0 Å². The van der Waals surface area contributed by atoms with Gasteiger partial charge in [-0.25, -0.2) is 9.50 Å². The number of nitrogens with one attached hydrogen (secondary N) is 1. The van der Waals surface area contributed by atoms with E-state index in [-0.39, 0.29) is 0 Å². The lowest BCUT2D eigenvalue weighted by Gasteiger charge is -2.13. The van der Waals surface area contributed by atoms with Crippen molar-refractivity contribution in [2.45, 2.75) is 26.8 Å². The molecule has 1 N–H and O–H groups in total. The van der Waals surface area contributed by atoms with E-state index in [1.807, 2.05) is 37.4 Å². The zero-order chi connectivity index (χ0) is 14.8. The predicted octanol–water partition coefficient (Wildman–Crippen LogP) is 3.65. The van der Waals surface area contributed by atoms with Crippen LogP contribution in [0.3, 0.4) is 0 Å². The molecule has 0 saturated heterocycles. The highest BCUT2D eigenvalue weighted by Gasteiger charge is 2.05. The van der Waals surface area contributed by atoms with Crippen LogP contribution in [-0.4, -0.2) is 20.6 Å². The van der Waals surface area contributed by atoms with Gasteiger partial charge in [0.1, 0.15) is 17.8 Å². The van der Waals surface area contributed by atoms with Crippen molar-refractivity contribution in [1.29, 1.82) is 0 Å². The molecule has 0 atom stereocenters. The highest BCUT2D eigenvalue weighted by molar-refractivity contribution is 5.52. The monoisotopic (exact) mass is 282 g/mol. The number of rotatable bonds is 4. The molecular formula is C16H18N4O. The minimum atomic E-state index is 0.409. The molecule has 5 heteroatoms. The first-order chi connectivity index (χ1) is 10.1. The molecule has 108 valence electrons. The lowest BCUT2D eigenvalue weighted by Crippen LogP contribution is -2.09. The van der Waals surface area contributed by atoms with Gasteiger partial charge in [-0.05, 0) is 50.6 Å². The molecule has 21 heavy (non-hydrogen) atoms. The van der Waals surface area contributed by atoms with Gasteiger partial charge in [0, 0.05) is 24.0 Å². The highest BCUT2D eigenvalue weighted by atomic mass is 16.5. The van der Waals surface area contributed by atoms with Gasteiger partial charge in [-0.2, -0.15) is 5.10 Å². The summed E-state index contributed by atoms with van der Waals surface area (Å²) in [5.74, 6) is 1.59. The lowest BCUT2D eigenvalue weighted by atomic mass is 10.2. The fraction of sp³-hybridized carbons (Fsp3) is 0.250. The minimum absolute atomic E-state index is 0.409. The van der Waals surface area contributed by atoms with Crippen molar-refractivity contribution in [2.75, 3.05) is 5.32 Å². The van der Waals surface area contributed by atoms with E-state index in [4.69, 9.17) is 4.74 Å². The summed E-state index contributed by atoms with van der Waals surface area (Å²) in [6, 6.07) is 10.2. The van der Waals surface area contributed by atoms with E-state index in [1.165, 1.54) is 6.33 Å². The molecule has 1 aromatic carbocycles. The van der Waals surface area contributed by atoms with Crippen molar-refractivity contribution in [2.24, 2.45) is 0 Å². The normalized spacial score (nSPS) is 11.0. The molecule has 0 aliphatic carbocycles. The van der Waals surface area contributed by atoms with Crippen LogP contribution in [0.1, 0.15) is 19.4 Å². The zero-order valence-electron chi connectivity index (χ0n) is 12.4. The Labute approximate surface area is 123 Å². The lowest BCUT2D eigenvalue weighted by molar-refractivity contribution is 0.478. The SMILES string of the molecule is Cc1cc(NC(C)C)ccc1Oc1ccn2ncnc2c1. The van der Waals surface area contributed by atoms with Crippen molar-refractivity contribution in [3.05, 3.63) is 48.4 Å². The Balaban J connectivity index is 1.83. The van der Waals surface area contributed by atoms with E-state index in [2.05, 4.69) is 35.3 Å². The van der Waals surface area contributed by atoms with E-state index in [0.717, 1.165) is 28.4 Å². The van der Waals surface area contributed by atoms with Gasteiger partial charge in [-0.3, -0.25) is 0 Å². The quantitative estimate of drug-likeness (QED) is 0.793. The number of fused-ring (bicyclic) bond motifs is 1. The van der Waals surface area contributed by atoms with Gasteiger partial charge in [0.25, 0.3) is 0 Å². The molecule has 0 spiro atoms. The number of hydrogen-bond donors (Lipinski definition) is 1. The summed E-state index contributed by atoms with van der Waals surface area (Å²) in [5.41, 5.74) is 2.95. The first kappa shape index (κ1) is 13.4. The van der Waals surface area contributed by atoms with Crippen LogP contribution in [0.15, 0.2) is 42.9 Å². The Kier molecular flexibility index (Phi) is 3.48. The van der Waals surface area contributed by atoms with E-state index in [1.54, 1.807) is 4.52 Å². The molecule has 0 fully saturated rings. The van der Waals surface area contributed by atoms with E-state index in [0.29, 0.717) is 6.04 Å². The van der Waals surface area contributed by atoms with Crippen LogP contribution in [0.25, 0.3) is 5.65 Å². The first-order valence-electron chi connectivity index (χ1n) is 6.96. The molecule has 0 unspecified atom stereocenters. The summed E-state index contributed by atoms with van der Waals surface area (Å²) >= 11 is 0. The van der Waals surface area contributed by atoms with Crippen molar-refractivity contribution in [3.63, 3.8) is 0 Å². The largest absolute Gasteiger partial charge is 0.457 e. The fourth-order valence-electron chi connectivity index (χ4n) is 2.17. The number of pyridine rings is 1. The van der Waals surface area contributed by atoms with Gasteiger partial charge in [-0.1, -0.05) is 0 Å². The predicted molar refractivity (Wildman–Crippen MR) is 83.0 cm³/mol. The van der Waals surface area contributed by atoms with Crippen molar-refractivity contribution in [3.8, 4) is 11.5 Å². The number of aromatic nitrogens is 3. The summed E-state index contributed by atoms with van der Waals surface area (Å²) in [4.78, 5) is 4.15. The van der Waals surface area contributed by atoms with Crippen LogP contribution in [0, 0.1) is 6.92 Å². The smallest absolute Gasteiger partial charge is 0.158 e. The molecule has 0 radical (unpaired) electrons. The van der Waals surface area contributed by atoms with Crippen LogP contribution in [0.5, 0.6) is 11.5 Å². The molecule has 0 aliphatic heterocycles. The summed E-state index contributed by atoms with van der Waals surface area (Å²) in [6.45, 7) is 6.28. The average Bonchev–Trinajstić information content (AvgIpc) is 2.88. The third kappa shape index (κ3) is 2.97. The van der Waals surface area contributed by atoms with Crippen LogP contribution < -0.4 is 10.1 Å². The number of anilines is 1. The van der Waals surface area contributed by atoms with Crippen molar-refractivity contribution in [1.82, 2.24) is 14.6 Å². The second-order valence-electron chi connectivity index (χ2n) is 5.31. The number of nitrogens with zero attached hydrogens (tertiary/aromatic N) is 3. The molecule has 2 heterocycles. The summed E-state index contributed by atoms with van der Waals surface area (Å²) < 4.78 is 7.64. The summed E-state index contributed by atoms with van der Waals surface area (Å²) in [7, 11) is 0. The molecule has 3 rings (SSSR count). The molecular weight excluding hydrogens is 264 g/mol. The van der Waals surface area contributed by atoms with Gasteiger partial charge >= 0.3 is 0 Å². The van der Waals surface area contributed by atoms with Crippen molar-refractivity contribution >= 4 is 11.3 Å². The van der Waals surface area contributed by atoms with Crippen molar-refractivity contribution < 1.29 is 4.74 Å². The number of hydrogen-bond acceptors (Lipinski definition) is 4. The fourth-order valence-corrected chi connectivity index (χ4v) is 2.17. The number of ether oxygens (including phenoxy) is 1. The Morgan fingerprint density at radius 3 is 2.81 bits per heavy atom. The van der Waals surface area contributed by atoms with Gasteiger partial charge in [0.2, 0.25) is 0 Å². The highest BCUT2D eigenvalue weighted by Crippen LogP contribution is 2.27. The molecule has 5 nitrogen and oxygen atoms in total. The molecule has 0 amide bonds. The van der Waals surface area contributed by atoms with Crippen LogP contribution in [0.4, 0.5) is 5.69 Å².